The number of carbonyl (C=O) groups excluding carboxylic acids is 1. The maximum absolute atomic E-state index is 13.1. The molecule has 0 aliphatic carbocycles. The molecule has 2 rings (SSSR count). The zero-order valence-electron chi connectivity index (χ0n) is 14.6. The van der Waals surface area contributed by atoms with E-state index >= 15 is 0 Å². The van der Waals surface area contributed by atoms with Crippen molar-refractivity contribution in [2.75, 3.05) is 13.7 Å². The Morgan fingerprint density at radius 2 is 1.88 bits per heavy atom. The van der Waals surface area contributed by atoms with E-state index in [2.05, 4.69) is 5.16 Å². The van der Waals surface area contributed by atoms with Crippen LogP contribution in [0.4, 0.5) is 0 Å². The van der Waals surface area contributed by atoms with Crippen LogP contribution in [0.1, 0.15) is 27.9 Å². The first kappa shape index (κ1) is 18.7. The number of aryl methyl sites for hydroxylation is 1. The maximum atomic E-state index is 13.1. The monoisotopic (exact) mass is 340 g/mol. The highest BCUT2D eigenvalue weighted by atomic mass is 16.6. The Bertz CT molecular complexity index is 684. The number of aliphatic hydroxyl groups is 1. The van der Waals surface area contributed by atoms with Gasteiger partial charge in [-0.15, -0.1) is 0 Å². The van der Waals surface area contributed by atoms with Crippen molar-refractivity contribution in [3.8, 4) is 0 Å². The molecule has 0 aromatic heterocycles. The number of hydrogen-bond donors (Lipinski definition) is 1. The van der Waals surface area contributed by atoms with E-state index in [9.17, 15) is 9.90 Å². The van der Waals surface area contributed by atoms with Crippen molar-refractivity contribution in [1.29, 1.82) is 0 Å². The van der Waals surface area contributed by atoms with Gasteiger partial charge in [-0.25, -0.2) is 0 Å². The number of hydrogen-bond acceptors (Lipinski definition) is 4. The van der Waals surface area contributed by atoms with E-state index in [1.54, 1.807) is 11.1 Å². The van der Waals surface area contributed by atoms with Crippen molar-refractivity contribution in [2.45, 2.75) is 25.9 Å². The first-order valence-corrected chi connectivity index (χ1v) is 8.24. The summed E-state index contributed by atoms with van der Waals surface area (Å²) in [6.07, 6.45) is 1.95. The second kappa shape index (κ2) is 9.59. The van der Waals surface area contributed by atoms with Gasteiger partial charge in [-0.05, 0) is 31.0 Å². The molecule has 0 aliphatic heterocycles. The lowest BCUT2D eigenvalue weighted by atomic mass is 10.1. The molecule has 132 valence electrons. The van der Waals surface area contributed by atoms with Gasteiger partial charge >= 0.3 is 0 Å². The lowest BCUT2D eigenvalue weighted by Gasteiger charge is -2.29. The van der Waals surface area contributed by atoms with Crippen molar-refractivity contribution < 1.29 is 14.7 Å². The van der Waals surface area contributed by atoms with Gasteiger partial charge in [0.2, 0.25) is 0 Å². The summed E-state index contributed by atoms with van der Waals surface area (Å²) in [5, 5.41) is 13.2. The Morgan fingerprint density at radius 1 is 1.20 bits per heavy atom. The van der Waals surface area contributed by atoms with Gasteiger partial charge in [-0.2, -0.15) is 0 Å². The molecular weight excluding hydrogens is 316 g/mol. The summed E-state index contributed by atoms with van der Waals surface area (Å²) in [4.78, 5) is 19.6. The van der Waals surface area contributed by atoms with Crippen LogP contribution in [-0.4, -0.2) is 41.9 Å². The van der Waals surface area contributed by atoms with Crippen molar-refractivity contribution in [2.24, 2.45) is 5.16 Å². The summed E-state index contributed by atoms with van der Waals surface area (Å²) in [6.45, 7) is 2.36. The van der Waals surface area contributed by atoms with Gasteiger partial charge in [0.1, 0.15) is 7.11 Å². The Labute approximate surface area is 148 Å². The predicted octanol–water partition coefficient (Wildman–Crippen LogP) is 3.02. The topological polar surface area (TPSA) is 62.1 Å². The summed E-state index contributed by atoms with van der Waals surface area (Å²) in [6, 6.07) is 16.9. The van der Waals surface area contributed by atoms with Crippen LogP contribution in [0.5, 0.6) is 0 Å². The molecule has 1 unspecified atom stereocenters. The van der Waals surface area contributed by atoms with Gasteiger partial charge in [0.15, 0.2) is 0 Å². The molecule has 0 bridgehead atoms. The fraction of sp³-hybridized carbons (Fsp3) is 0.300. The van der Waals surface area contributed by atoms with Gasteiger partial charge in [0.25, 0.3) is 5.91 Å². The molecule has 5 nitrogen and oxygen atoms in total. The van der Waals surface area contributed by atoms with E-state index in [1.807, 2.05) is 61.5 Å². The number of nitrogens with zero attached hydrogens (tertiary/aromatic N) is 2. The van der Waals surface area contributed by atoms with Crippen LogP contribution in [0.15, 0.2) is 59.8 Å². The summed E-state index contributed by atoms with van der Waals surface area (Å²) < 4.78 is 0. The van der Waals surface area contributed by atoms with E-state index in [4.69, 9.17) is 4.84 Å². The number of amides is 1. The molecule has 0 aliphatic rings. The van der Waals surface area contributed by atoms with E-state index in [0.29, 0.717) is 18.5 Å². The molecule has 0 saturated heterocycles. The molecular formula is C20H24N2O3. The number of aliphatic hydroxyl groups excluding tert-OH is 1. The van der Waals surface area contributed by atoms with E-state index in [-0.39, 0.29) is 18.6 Å². The molecule has 2 aromatic carbocycles. The highest BCUT2D eigenvalue weighted by Crippen LogP contribution is 2.15. The second-order valence-electron chi connectivity index (χ2n) is 5.80. The minimum absolute atomic E-state index is 0.0487. The molecule has 1 atom stereocenters. The minimum atomic E-state index is -0.362. The number of rotatable bonds is 8. The zero-order chi connectivity index (χ0) is 18.1. The van der Waals surface area contributed by atoms with E-state index < -0.39 is 0 Å². The summed E-state index contributed by atoms with van der Waals surface area (Å²) in [7, 11) is 1.45. The quantitative estimate of drug-likeness (QED) is 0.593. The molecule has 1 N–H and O–H groups in total. The maximum Gasteiger partial charge on any atom is 0.254 e. The Balaban J connectivity index is 2.33. The van der Waals surface area contributed by atoms with Crippen molar-refractivity contribution in [1.82, 2.24) is 4.90 Å². The van der Waals surface area contributed by atoms with Gasteiger partial charge < -0.3 is 14.8 Å². The summed E-state index contributed by atoms with van der Waals surface area (Å²) >= 11 is 0. The molecule has 2 aromatic rings. The number of benzene rings is 2. The standard InChI is InChI=1S/C20H24N2O3/c1-16-8-10-18(11-9-16)20(24)22(15-17-6-4-3-5-7-17)19(12-13-23)14-21-25-2/h3-11,14,19,23H,12-13,15H2,1-2H3/b21-14+. The van der Waals surface area contributed by atoms with E-state index in [1.165, 1.54) is 7.11 Å². The minimum Gasteiger partial charge on any atom is -0.399 e. The smallest absolute Gasteiger partial charge is 0.254 e. The Kier molecular flexibility index (Phi) is 7.16. The third-order valence-corrected chi connectivity index (χ3v) is 3.92. The largest absolute Gasteiger partial charge is 0.399 e. The van der Waals surface area contributed by atoms with Crippen molar-refractivity contribution >= 4 is 12.1 Å². The highest BCUT2D eigenvalue weighted by Gasteiger charge is 2.24. The average Bonchev–Trinajstić information content (AvgIpc) is 2.64. The second-order valence-corrected chi connectivity index (χ2v) is 5.80. The third-order valence-electron chi connectivity index (χ3n) is 3.92. The first-order chi connectivity index (χ1) is 12.2. The fourth-order valence-corrected chi connectivity index (χ4v) is 2.56. The van der Waals surface area contributed by atoms with Crippen LogP contribution in [0, 0.1) is 6.92 Å². The Morgan fingerprint density at radius 3 is 2.48 bits per heavy atom. The molecule has 5 heteroatoms. The van der Waals surface area contributed by atoms with Crippen molar-refractivity contribution in [3.05, 3.63) is 71.3 Å². The third kappa shape index (κ3) is 5.43. The van der Waals surface area contributed by atoms with Crippen LogP contribution in [0.2, 0.25) is 0 Å². The lowest BCUT2D eigenvalue weighted by molar-refractivity contribution is 0.0691. The molecule has 0 spiro atoms. The van der Waals surface area contributed by atoms with Gasteiger partial charge in [0, 0.05) is 18.7 Å². The van der Waals surface area contributed by atoms with Crippen LogP contribution < -0.4 is 0 Å². The number of oxime groups is 1. The van der Waals surface area contributed by atoms with E-state index in [0.717, 1.165) is 11.1 Å². The van der Waals surface area contributed by atoms with Gasteiger partial charge in [-0.3, -0.25) is 4.79 Å². The summed E-state index contributed by atoms with van der Waals surface area (Å²) in [5.41, 5.74) is 2.71. The molecule has 0 heterocycles. The van der Waals surface area contributed by atoms with Gasteiger partial charge in [-0.1, -0.05) is 53.2 Å². The molecule has 25 heavy (non-hydrogen) atoms. The zero-order valence-corrected chi connectivity index (χ0v) is 14.6. The molecule has 0 radical (unpaired) electrons. The highest BCUT2D eigenvalue weighted by molar-refractivity contribution is 5.96. The number of carbonyl (C=O) groups is 1. The SMILES string of the molecule is CO/N=C/C(CCO)N(Cc1ccccc1)C(=O)c1ccc(C)cc1. The summed E-state index contributed by atoms with van der Waals surface area (Å²) in [5.74, 6) is -0.107. The normalized spacial score (nSPS) is 12.1. The molecule has 1 amide bonds. The van der Waals surface area contributed by atoms with Crippen LogP contribution in [-0.2, 0) is 11.4 Å². The van der Waals surface area contributed by atoms with Crippen LogP contribution in [0.3, 0.4) is 0 Å². The first-order valence-electron chi connectivity index (χ1n) is 8.24. The van der Waals surface area contributed by atoms with Crippen molar-refractivity contribution in [3.63, 3.8) is 0 Å². The lowest BCUT2D eigenvalue weighted by Crippen LogP contribution is -2.41. The van der Waals surface area contributed by atoms with Crippen LogP contribution in [0.25, 0.3) is 0 Å². The fourth-order valence-electron chi connectivity index (χ4n) is 2.56. The molecule has 0 saturated carbocycles. The average molecular weight is 340 g/mol. The van der Waals surface area contributed by atoms with Gasteiger partial charge in [0.05, 0.1) is 12.3 Å². The molecule has 0 fully saturated rings. The predicted molar refractivity (Wildman–Crippen MR) is 98.5 cm³/mol. The Hall–Kier alpha value is -2.66. The van der Waals surface area contributed by atoms with Crippen LogP contribution >= 0.6 is 0 Å².